The van der Waals surface area contributed by atoms with Crippen molar-refractivity contribution >= 4 is 35.1 Å². The largest absolute Gasteiger partial charge is 0.324 e. The smallest absolute Gasteiger partial charge is 0.185 e. The first-order valence-electron chi connectivity index (χ1n) is 7.04. The summed E-state index contributed by atoms with van der Waals surface area (Å²) >= 11 is 11.9. The molecule has 1 heterocycles. The van der Waals surface area contributed by atoms with Gasteiger partial charge < -0.3 is 4.57 Å². The fourth-order valence-corrected chi connectivity index (χ4v) is 2.67. The van der Waals surface area contributed by atoms with Crippen molar-refractivity contribution < 1.29 is 4.79 Å². The van der Waals surface area contributed by atoms with Crippen molar-refractivity contribution in [3.05, 3.63) is 94.2 Å². The van der Waals surface area contributed by atoms with Crippen molar-refractivity contribution in [3.8, 4) is 5.69 Å². The number of aromatic nitrogens is 1. The van der Waals surface area contributed by atoms with E-state index in [9.17, 15) is 4.79 Å². The van der Waals surface area contributed by atoms with E-state index < -0.39 is 0 Å². The van der Waals surface area contributed by atoms with Crippen LogP contribution in [0.4, 0.5) is 0 Å². The van der Waals surface area contributed by atoms with Crippen molar-refractivity contribution in [1.29, 1.82) is 0 Å². The Morgan fingerprint density at radius 2 is 1.65 bits per heavy atom. The summed E-state index contributed by atoms with van der Waals surface area (Å²) in [5, 5.41) is 1.09. The second kappa shape index (κ2) is 6.86. The van der Waals surface area contributed by atoms with Gasteiger partial charge in [-0.25, -0.2) is 0 Å². The Balaban J connectivity index is 1.76. The Morgan fingerprint density at radius 3 is 2.30 bits per heavy atom. The van der Waals surface area contributed by atoms with Crippen LogP contribution in [0.3, 0.4) is 0 Å². The molecule has 0 aliphatic rings. The van der Waals surface area contributed by atoms with E-state index in [1.54, 1.807) is 24.3 Å². The Bertz CT molecular complexity index is 850. The molecule has 2 aromatic carbocycles. The van der Waals surface area contributed by atoms with Gasteiger partial charge in [0.25, 0.3) is 0 Å². The molecule has 0 aliphatic heterocycles. The number of nitrogens with zero attached hydrogens (tertiary/aromatic N) is 1. The fraction of sp³-hybridized carbons (Fsp3) is 0. The van der Waals surface area contributed by atoms with Crippen LogP contribution in [-0.2, 0) is 0 Å². The first kappa shape index (κ1) is 15.6. The van der Waals surface area contributed by atoms with Gasteiger partial charge in [-0.3, -0.25) is 4.79 Å². The summed E-state index contributed by atoms with van der Waals surface area (Å²) in [7, 11) is 0. The van der Waals surface area contributed by atoms with Crippen LogP contribution in [0, 0.1) is 0 Å². The fourth-order valence-electron chi connectivity index (χ4n) is 2.20. The van der Waals surface area contributed by atoms with E-state index >= 15 is 0 Å². The van der Waals surface area contributed by atoms with Crippen molar-refractivity contribution in [1.82, 2.24) is 4.57 Å². The number of hydrogen-bond donors (Lipinski definition) is 0. The highest BCUT2D eigenvalue weighted by Gasteiger charge is 2.04. The summed E-state index contributed by atoms with van der Waals surface area (Å²) in [6.07, 6.45) is 7.12. The van der Waals surface area contributed by atoms with Crippen molar-refractivity contribution in [2.45, 2.75) is 0 Å². The summed E-state index contributed by atoms with van der Waals surface area (Å²) in [5.41, 5.74) is 2.40. The van der Waals surface area contributed by atoms with Crippen LogP contribution >= 0.6 is 23.2 Å². The zero-order valence-electron chi connectivity index (χ0n) is 12.1. The van der Waals surface area contributed by atoms with E-state index in [0.717, 1.165) is 11.3 Å². The standard InChI is InChI=1S/C19H13Cl2NO/c20-16-7-3-14(18(21)13-16)6-10-19(23)15-4-8-17(9-5-15)22-11-1-2-12-22/h1-13H/b10-6+. The molecule has 114 valence electrons. The molecule has 0 unspecified atom stereocenters. The van der Waals surface area contributed by atoms with Gasteiger partial charge in [0.1, 0.15) is 0 Å². The highest BCUT2D eigenvalue weighted by molar-refractivity contribution is 6.35. The summed E-state index contributed by atoms with van der Waals surface area (Å²) in [5.74, 6) is -0.0740. The molecule has 3 aromatic rings. The molecule has 0 amide bonds. The van der Waals surface area contributed by atoms with Crippen LogP contribution in [0.5, 0.6) is 0 Å². The minimum atomic E-state index is -0.0740. The summed E-state index contributed by atoms with van der Waals surface area (Å²) in [6.45, 7) is 0. The van der Waals surface area contributed by atoms with Crippen LogP contribution in [0.15, 0.2) is 73.1 Å². The third-order valence-electron chi connectivity index (χ3n) is 3.43. The van der Waals surface area contributed by atoms with E-state index in [4.69, 9.17) is 23.2 Å². The number of benzene rings is 2. The molecular weight excluding hydrogens is 329 g/mol. The van der Waals surface area contributed by atoms with Crippen LogP contribution in [0.25, 0.3) is 11.8 Å². The van der Waals surface area contributed by atoms with Crippen LogP contribution in [0.1, 0.15) is 15.9 Å². The predicted molar refractivity (Wildman–Crippen MR) is 95.6 cm³/mol. The van der Waals surface area contributed by atoms with Gasteiger partial charge >= 0.3 is 0 Å². The molecule has 0 aliphatic carbocycles. The molecule has 0 radical (unpaired) electrons. The molecule has 0 spiro atoms. The molecule has 1 aromatic heterocycles. The lowest BCUT2D eigenvalue weighted by Crippen LogP contribution is -1.96. The minimum Gasteiger partial charge on any atom is -0.324 e. The number of rotatable bonds is 4. The second-order valence-electron chi connectivity index (χ2n) is 5.00. The van der Waals surface area contributed by atoms with Crippen molar-refractivity contribution in [3.63, 3.8) is 0 Å². The van der Waals surface area contributed by atoms with Gasteiger partial charge in [0.2, 0.25) is 0 Å². The van der Waals surface area contributed by atoms with Gasteiger partial charge in [0, 0.05) is 33.7 Å². The van der Waals surface area contributed by atoms with Gasteiger partial charge in [-0.05, 0) is 66.2 Å². The highest BCUT2D eigenvalue weighted by atomic mass is 35.5. The zero-order chi connectivity index (χ0) is 16.2. The topological polar surface area (TPSA) is 22.0 Å². The van der Waals surface area contributed by atoms with E-state index in [1.807, 2.05) is 53.4 Å². The Kier molecular flexibility index (Phi) is 4.65. The number of carbonyl (C=O) groups is 1. The molecule has 0 saturated heterocycles. The average molecular weight is 342 g/mol. The van der Waals surface area contributed by atoms with Crippen LogP contribution in [-0.4, -0.2) is 10.4 Å². The Hall–Kier alpha value is -2.29. The normalized spacial score (nSPS) is 11.0. The molecule has 23 heavy (non-hydrogen) atoms. The third kappa shape index (κ3) is 3.73. The maximum Gasteiger partial charge on any atom is 0.185 e. The van der Waals surface area contributed by atoms with E-state index in [-0.39, 0.29) is 5.78 Å². The first-order valence-corrected chi connectivity index (χ1v) is 7.80. The van der Waals surface area contributed by atoms with Gasteiger partial charge in [0.15, 0.2) is 5.78 Å². The SMILES string of the molecule is O=C(/C=C/c1ccc(Cl)cc1Cl)c1ccc(-n2cccc2)cc1. The average Bonchev–Trinajstić information content (AvgIpc) is 3.08. The van der Waals surface area contributed by atoms with Gasteiger partial charge in [-0.15, -0.1) is 0 Å². The number of carbonyl (C=O) groups excluding carboxylic acids is 1. The summed E-state index contributed by atoms with van der Waals surface area (Å²) in [4.78, 5) is 12.2. The third-order valence-corrected chi connectivity index (χ3v) is 3.99. The van der Waals surface area contributed by atoms with Gasteiger partial charge in [-0.1, -0.05) is 29.3 Å². The summed E-state index contributed by atoms with van der Waals surface area (Å²) in [6, 6.07) is 16.5. The number of hydrogen-bond acceptors (Lipinski definition) is 1. The molecule has 0 saturated carbocycles. The van der Waals surface area contributed by atoms with Crippen molar-refractivity contribution in [2.75, 3.05) is 0 Å². The Labute approximate surface area is 144 Å². The molecule has 4 heteroatoms. The highest BCUT2D eigenvalue weighted by Crippen LogP contribution is 2.22. The van der Waals surface area contributed by atoms with E-state index in [0.29, 0.717) is 15.6 Å². The number of halogens is 2. The maximum atomic E-state index is 12.2. The summed E-state index contributed by atoms with van der Waals surface area (Å²) < 4.78 is 1.98. The van der Waals surface area contributed by atoms with Gasteiger partial charge in [0.05, 0.1) is 0 Å². The maximum absolute atomic E-state index is 12.2. The van der Waals surface area contributed by atoms with Crippen LogP contribution < -0.4 is 0 Å². The quantitative estimate of drug-likeness (QED) is 0.442. The monoisotopic (exact) mass is 341 g/mol. The lowest BCUT2D eigenvalue weighted by atomic mass is 10.1. The molecule has 0 fully saturated rings. The molecular formula is C19H13Cl2NO. The molecule has 0 N–H and O–H groups in total. The molecule has 2 nitrogen and oxygen atoms in total. The molecule has 0 bridgehead atoms. The van der Waals surface area contributed by atoms with Crippen LogP contribution in [0.2, 0.25) is 10.0 Å². The minimum absolute atomic E-state index is 0.0740. The molecule has 0 atom stereocenters. The predicted octanol–water partition coefficient (Wildman–Crippen LogP) is 5.68. The lowest BCUT2D eigenvalue weighted by Gasteiger charge is -2.03. The second-order valence-corrected chi connectivity index (χ2v) is 5.84. The number of allylic oxidation sites excluding steroid dienone is 1. The van der Waals surface area contributed by atoms with E-state index in [1.165, 1.54) is 6.08 Å². The van der Waals surface area contributed by atoms with E-state index in [2.05, 4.69) is 0 Å². The molecule has 3 rings (SSSR count). The van der Waals surface area contributed by atoms with Gasteiger partial charge in [-0.2, -0.15) is 0 Å². The lowest BCUT2D eigenvalue weighted by molar-refractivity contribution is 0.104. The zero-order valence-corrected chi connectivity index (χ0v) is 13.6. The Morgan fingerprint density at radius 1 is 0.957 bits per heavy atom. The first-order chi connectivity index (χ1) is 11.1. The number of ketones is 1. The van der Waals surface area contributed by atoms with Crippen molar-refractivity contribution in [2.24, 2.45) is 0 Å².